The smallest absolute Gasteiger partial charge is 0.131 e. The van der Waals surface area contributed by atoms with Crippen molar-refractivity contribution in [3.05, 3.63) is 78.5 Å². The van der Waals surface area contributed by atoms with E-state index in [-0.39, 0.29) is 5.92 Å². The van der Waals surface area contributed by atoms with Crippen LogP contribution < -0.4 is 0 Å². The molecule has 140 valence electrons. The van der Waals surface area contributed by atoms with E-state index in [1.165, 1.54) is 0 Å². The second-order valence-corrected chi connectivity index (χ2v) is 7.04. The van der Waals surface area contributed by atoms with Crippen LogP contribution in [0.5, 0.6) is 0 Å². The molecule has 28 heavy (non-hydrogen) atoms. The molecule has 0 aliphatic heterocycles. The largest absolute Gasteiger partial charge is 0.323 e. The molecular formula is C22H22N6. The molecule has 4 aromatic rings. The van der Waals surface area contributed by atoms with Crippen LogP contribution in [0, 0.1) is 6.92 Å². The van der Waals surface area contributed by atoms with E-state index in [0.717, 1.165) is 39.9 Å². The summed E-state index contributed by atoms with van der Waals surface area (Å²) >= 11 is 0. The van der Waals surface area contributed by atoms with E-state index >= 15 is 0 Å². The average molecular weight is 370 g/mol. The fourth-order valence-electron chi connectivity index (χ4n) is 3.04. The number of hydrogen-bond acceptors (Lipinski definition) is 5. The predicted octanol–water partition coefficient (Wildman–Crippen LogP) is 4.28. The van der Waals surface area contributed by atoms with Crippen molar-refractivity contribution in [2.24, 2.45) is 0 Å². The Morgan fingerprint density at radius 1 is 0.929 bits per heavy atom. The number of benzene rings is 1. The highest BCUT2D eigenvalue weighted by molar-refractivity contribution is 5.76. The third-order valence-electron chi connectivity index (χ3n) is 4.48. The molecule has 0 unspecified atom stereocenters. The average Bonchev–Trinajstić information content (AvgIpc) is 3.14. The van der Waals surface area contributed by atoms with Gasteiger partial charge in [-0.15, -0.1) is 0 Å². The molecule has 3 aromatic heterocycles. The summed E-state index contributed by atoms with van der Waals surface area (Å²) in [7, 11) is 0. The monoisotopic (exact) mass is 370 g/mol. The Bertz CT molecular complexity index is 1070. The fraction of sp³-hybridized carbons (Fsp3) is 0.227. The van der Waals surface area contributed by atoms with Crippen molar-refractivity contribution in [1.82, 2.24) is 29.5 Å². The van der Waals surface area contributed by atoms with Crippen LogP contribution in [0.15, 0.2) is 61.3 Å². The number of imidazole rings is 1. The summed E-state index contributed by atoms with van der Waals surface area (Å²) in [5.41, 5.74) is 5.54. The molecule has 4 rings (SSSR count). The highest BCUT2D eigenvalue weighted by Crippen LogP contribution is 2.30. The highest BCUT2D eigenvalue weighted by Gasteiger charge is 2.18. The first-order valence-electron chi connectivity index (χ1n) is 9.33. The van der Waals surface area contributed by atoms with E-state index in [1.54, 1.807) is 12.4 Å². The van der Waals surface area contributed by atoms with Crippen LogP contribution in [0.2, 0.25) is 0 Å². The van der Waals surface area contributed by atoms with Gasteiger partial charge in [0.05, 0.1) is 47.5 Å². The second kappa shape index (κ2) is 7.68. The number of aromatic nitrogens is 6. The van der Waals surface area contributed by atoms with Gasteiger partial charge in [-0.2, -0.15) is 0 Å². The van der Waals surface area contributed by atoms with E-state index in [2.05, 4.69) is 45.5 Å². The highest BCUT2D eigenvalue weighted by atomic mass is 15.1. The Labute approximate surface area is 164 Å². The van der Waals surface area contributed by atoms with E-state index in [4.69, 9.17) is 9.97 Å². The van der Waals surface area contributed by atoms with Crippen LogP contribution >= 0.6 is 0 Å². The zero-order valence-electron chi connectivity index (χ0n) is 16.2. The standard InChI is InChI=1S/C22H22N6/c1-15(2)22-23-10-9-19(27-22)21-20(17-7-5-4-6-8-17)26-14-28(21)13-18-12-24-16(3)11-25-18/h4-12,14-15H,13H2,1-3H3. The van der Waals surface area contributed by atoms with Gasteiger partial charge in [-0.3, -0.25) is 9.97 Å². The molecule has 0 saturated heterocycles. The van der Waals surface area contributed by atoms with E-state index in [9.17, 15) is 0 Å². The minimum atomic E-state index is 0.250. The zero-order valence-corrected chi connectivity index (χ0v) is 16.2. The Kier molecular flexibility index (Phi) is 4.93. The SMILES string of the molecule is Cc1cnc(Cn2cnc(-c3ccccc3)c2-c2ccnc(C(C)C)n2)cn1. The molecule has 3 heterocycles. The molecule has 0 spiro atoms. The van der Waals surface area contributed by atoms with E-state index in [1.807, 2.05) is 43.7 Å². The topological polar surface area (TPSA) is 69.4 Å². The maximum Gasteiger partial charge on any atom is 0.131 e. The first-order chi connectivity index (χ1) is 13.6. The Balaban J connectivity index is 1.84. The summed E-state index contributed by atoms with van der Waals surface area (Å²) in [4.78, 5) is 22.8. The fourth-order valence-corrected chi connectivity index (χ4v) is 3.04. The van der Waals surface area contributed by atoms with Gasteiger partial charge in [0.25, 0.3) is 0 Å². The zero-order chi connectivity index (χ0) is 19.5. The number of aryl methyl sites for hydroxylation is 1. The molecule has 0 aliphatic rings. The summed E-state index contributed by atoms with van der Waals surface area (Å²) in [6, 6.07) is 12.1. The van der Waals surface area contributed by atoms with Gasteiger partial charge in [0.1, 0.15) is 5.82 Å². The Hall–Kier alpha value is -3.41. The molecule has 0 amide bonds. The maximum atomic E-state index is 4.81. The lowest BCUT2D eigenvalue weighted by molar-refractivity contribution is 0.756. The Morgan fingerprint density at radius 3 is 2.46 bits per heavy atom. The molecule has 6 heteroatoms. The van der Waals surface area contributed by atoms with Gasteiger partial charge < -0.3 is 4.57 Å². The Morgan fingerprint density at radius 2 is 1.75 bits per heavy atom. The van der Waals surface area contributed by atoms with Crippen molar-refractivity contribution >= 4 is 0 Å². The van der Waals surface area contributed by atoms with Crippen molar-refractivity contribution < 1.29 is 0 Å². The van der Waals surface area contributed by atoms with E-state index < -0.39 is 0 Å². The third kappa shape index (κ3) is 3.67. The molecule has 6 nitrogen and oxygen atoms in total. The first kappa shape index (κ1) is 18.0. The van der Waals surface area contributed by atoms with Crippen molar-refractivity contribution in [3.63, 3.8) is 0 Å². The van der Waals surface area contributed by atoms with Crippen LogP contribution in [-0.2, 0) is 6.54 Å². The molecule has 0 aliphatic carbocycles. The summed E-state index contributed by atoms with van der Waals surface area (Å²) < 4.78 is 2.08. The van der Waals surface area contributed by atoms with Gasteiger partial charge in [0.2, 0.25) is 0 Å². The van der Waals surface area contributed by atoms with Crippen LogP contribution in [0.25, 0.3) is 22.6 Å². The van der Waals surface area contributed by atoms with Crippen LogP contribution in [0.3, 0.4) is 0 Å². The van der Waals surface area contributed by atoms with Gasteiger partial charge in [0, 0.05) is 23.9 Å². The molecule has 1 aromatic carbocycles. The lowest BCUT2D eigenvalue weighted by Crippen LogP contribution is -2.06. The third-order valence-corrected chi connectivity index (χ3v) is 4.48. The summed E-state index contributed by atoms with van der Waals surface area (Å²) in [5.74, 6) is 1.07. The summed E-state index contributed by atoms with van der Waals surface area (Å²) in [5, 5.41) is 0. The van der Waals surface area contributed by atoms with Gasteiger partial charge >= 0.3 is 0 Å². The first-order valence-corrected chi connectivity index (χ1v) is 9.33. The molecule has 0 radical (unpaired) electrons. The molecule has 0 fully saturated rings. The van der Waals surface area contributed by atoms with Gasteiger partial charge in [-0.25, -0.2) is 15.0 Å². The maximum absolute atomic E-state index is 4.81. The molecule has 0 saturated carbocycles. The van der Waals surface area contributed by atoms with Crippen molar-refractivity contribution in [1.29, 1.82) is 0 Å². The summed E-state index contributed by atoms with van der Waals surface area (Å²) in [6.45, 7) is 6.69. The quantitative estimate of drug-likeness (QED) is 0.524. The van der Waals surface area contributed by atoms with Gasteiger partial charge in [0.15, 0.2) is 0 Å². The predicted molar refractivity (Wildman–Crippen MR) is 109 cm³/mol. The molecule has 0 bridgehead atoms. The lowest BCUT2D eigenvalue weighted by Gasteiger charge is -2.11. The minimum absolute atomic E-state index is 0.250. The summed E-state index contributed by atoms with van der Waals surface area (Å²) in [6.07, 6.45) is 7.25. The van der Waals surface area contributed by atoms with Gasteiger partial charge in [-0.1, -0.05) is 44.2 Å². The van der Waals surface area contributed by atoms with E-state index in [0.29, 0.717) is 6.54 Å². The number of hydrogen-bond donors (Lipinski definition) is 0. The van der Waals surface area contributed by atoms with Gasteiger partial charge in [-0.05, 0) is 13.0 Å². The van der Waals surface area contributed by atoms with Crippen LogP contribution in [0.1, 0.15) is 37.0 Å². The minimum Gasteiger partial charge on any atom is -0.323 e. The normalized spacial score (nSPS) is 11.1. The lowest BCUT2D eigenvalue weighted by atomic mass is 10.1. The number of rotatable bonds is 5. The second-order valence-electron chi connectivity index (χ2n) is 7.04. The number of nitrogens with zero attached hydrogens (tertiary/aromatic N) is 6. The molecule has 0 N–H and O–H groups in total. The van der Waals surface area contributed by atoms with Crippen LogP contribution in [0.4, 0.5) is 0 Å². The van der Waals surface area contributed by atoms with Crippen molar-refractivity contribution in [2.75, 3.05) is 0 Å². The van der Waals surface area contributed by atoms with Crippen molar-refractivity contribution in [3.8, 4) is 22.6 Å². The molecule has 0 atom stereocenters. The van der Waals surface area contributed by atoms with Crippen LogP contribution in [-0.4, -0.2) is 29.5 Å². The molecular weight excluding hydrogens is 348 g/mol. The van der Waals surface area contributed by atoms with Crippen molar-refractivity contribution in [2.45, 2.75) is 33.2 Å².